The monoisotopic (exact) mass is 383 g/mol. The minimum atomic E-state index is -0.250. The predicted octanol–water partition coefficient (Wildman–Crippen LogP) is 2.32. The molecule has 0 radical (unpaired) electrons. The number of morpholine rings is 1. The Morgan fingerprint density at radius 1 is 1.48 bits per heavy atom. The molecule has 5 nitrogen and oxygen atoms in total. The van der Waals surface area contributed by atoms with Crippen LogP contribution in [0.5, 0.6) is 0 Å². The van der Waals surface area contributed by atoms with Gasteiger partial charge < -0.3 is 15.4 Å². The van der Waals surface area contributed by atoms with Crippen LogP contribution in [0.25, 0.3) is 0 Å². The Balaban J connectivity index is 0.00000242. The molecule has 1 aromatic heterocycles. The van der Waals surface area contributed by atoms with Crippen molar-refractivity contribution in [1.29, 1.82) is 0 Å². The van der Waals surface area contributed by atoms with Gasteiger partial charge in [0, 0.05) is 30.3 Å². The van der Waals surface area contributed by atoms with E-state index in [2.05, 4.69) is 41.8 Å². The van der Waals surface area contributed by atoms with Gasteiger partial charge in [-0.3, -0.25) is 4.79 Å². The molecular weight excluding hydrogens is 357 g/mol. The highest BCUT2D eigenvalue weighted by atomic mass is 35.5. The van der Waals surface area contributed by atoms with Crippen molar-refractivity contribution in [2.75, 3.05) is 19.7 Å². The predicted molar refractivity (Wildman–Crippen MR) is 99.2 cm³/mol. The molecule has 23 heavy (non-hydrogen) atoms. The fraction of sp³-hybridized carbons (Fsp3) is 0.733. The average molecular weight is 384 g/mol. The molecule has 0 unspecified atom stereocenters. The maximum atomic E-state index is 12.1. The molecule has 134 valence electrons. The van der Waals surface area contributed by atoms with Crippen LogP contribution in [0.2, 0.25) is 0 Å². The second kappa shape index (κ2) is 9.79. The second-order valence-electron chi connectivity index (χ2n) is 6.43. The van der Waals surface area contributed by atoms with Crippen LogP contribution in [0.15, 0.2) is 5.38 Å². The summed E-state index contributed by atoms with van der Waals surface area (Å²) in [6.07, 6.45) is 0.695. The molecular formula is C15H27Cl2N3O2S. The number of ether oxygens (including phenoxy) is 1. The summed E-state index contributed by atoms with van der Waals surface area (Å²) >= 11 is 1.66. The van der Waals surface area contributed by atoms with E-state index in [-0.39, 0.29) is 48.3 Å². The lowest BCUT2D eigenvalue weighted by atomic mass is 9.93. The van der Waals surface area contributed by atoms with E-state index in [0.29, 0.717) is 13.2 Å². The van der Waals surface area contributed by atoms with Gasteiger partial charge in [-0.1, -0.05) is 20.8 Å². The molecule has 8 heteroatoms. The van der Waals surface area contributed by atoms with Gasteiger partial charge in [-0.15, -0.1) is 36.2 Å². The van der Waals surface area contributed by atoms with Gasteiger partial charge >= 0.3 is 0 Å². The number of carbonyl (C=O) groups excluding carboxylic acids is 1. The Kier molecular flexibility index (Phi) is 9.62. The lowest BCUT2D eigenvalue weighted by Crippen LogP contribution is -2.55. The fourth-order valence-corrected chi connectivity index (χ4v) is 3.22. The van der Waals surface area contributed by atoms with Crippen LogP contribution in [0.1, 0.15) is 38.4 Å². The van der Waals surface area contributed by atoms with Crippen molar-refractivity contribution < 1.29 is 9.53 Å². The number of thiazole rings is 1. The normalized spacial score (nSPS) is 21.0. The third-order valence-electron chi connectivity index (χ3n) is 3.56. The zero-order valence-electron chi connectivity index (χ0n) is 14.0. The molecule has 2 atom stereocenters. The first-order valence-corrected chi connectivity index (χ1v) is 8.33. The number of hydrogen-bond acceptors (Lipinski definition) is 5. The topological polar surface area (TPSA) is 63.2 Å². The van der Waals surface area contributed by atoms with Crippen molar-refractivity contribution in [3.8, 4) is 0 Å². The Morgan fingerprint density at radius 2 is 2.17 bits per heavy atom. The van der Waals surface area contributed by atoms with E-state index in [0.717, 1.165) is 23.7 Å². The van der Waals surface area contributed by atoms with Crippen LogP contribution in [0.4, 0.5) is 0 Å². The highest BCUT2D eigenvalue weighted by molar-refractivity contribution is 7.09. The van der Waals surface area contributed by atoms with Crippen LogP contribution in [0.3, 0.4) is 0 Å². The number of rotatable bonds is 4. The van der Waals surface area contributed by atoms with Crippen LogP contribution in [0, 0.1) is 0 Å². The third-order valence-corrected chi connectivity index (χ3v) is 4.47. The molecule has 1 aromatic rings. The van der Waals surface area contributed by atoms with Crippen molar-refractivity contribution in [3.05, 3.63) is 16.1 Å². The average Bonchev–Trinajstić information content (AvgIpc) is 2.88. The quantitative estimate of drug-likeness (QED) is 0.837. The van der Waals surface area contributed by atoms with Gasteiger partial charge in [0.2, 0.25) is 5.91 Å². The first-order valence-electron chi connectivity index (χ1n) is 7.45. The van der Waals surface area contributed by atoms with Gasteiger partial charge in [0.1, 0.15) is 6.04 Å². The summed E-state index contributed by atoms with van der Waals surface area (Å²) in [4.78, 5) is 16.7. The van der Waals surface area contributed by atoms with Crippen LogP contribution < -0.4 is 10.6 Å². The van der Waals surface area contributed by atoms with E-state index in [1.165, 1.54) is 0 Å². The van der Waals surface area contributed by atoms with E-state index < -0.39 is 0 Å². The molecule has 1 amide bonds. The Labute approximate surface area is 154 Å². The third kappa shape index (κ3) is 6.55. The summed E-state index contributed by atoms with van der Waals surface area (Å²) in [6, 6.07) is -0.250. The van der Waals surface area contributed by atoms with Crippen molar-refractivity contribution in [1.82, 2.24) is 15.6 Å². The molecule has 0 aliphatic carbocycles. The van der Waals surface area contributed by atoms with Crippen molar-refractivity contribution in [2.24, 2.45) is 0 Å². The van der Waals surface area contributed by atoms with Gasteiger partial charge in [-0.25, -0.2) is 4.98 Å². The van der Waals surface area contributed by atoms with Gasteiger partial charge in [-0.2, -0.15) is 0 Å². The van der Waals surface area contributed by atoms with Gasteiger partial charge in [-0.05, 0) is 6.92 Å². The maximum absolute atomic E-state index is 12.1. The maximum Gasteiger partial charge on any atom is 0.239 e. The van der Waals surface area contributed by atoms with Crippen molar-refractivity contribution in [2.45, 2.75) is 51.7 Å². The molecule has 2 rings (SSSR count). The van der Waals surface area contributed by atoms with Crippen LogP contribution >= 0.6 is 36.2 Å². The molecule has 1 aliphatic rings. The number of halogens is 2. The van der Waals surface area contributed by atoms with Gasteiger partial charge in [0.15, 0.2) is 0 Å². The molecule has 1 aliphatic heterocycles. The lowest BCUT2D eigenvalue weighted by Gasteiger charge is -2.29. The number of nitrogens with one attached hydrogen (secondary N) is 2. The fourth-order valence-electron chi connectivity index (χ4n) is 2.20. The molecule has 0 aromatic carbocycles. The van der Waals surface area contributed by atoms with E-state index in [4.69, 9.17) is 4.74 Å². The lowest BCUT2D eigenvalue weighted by molar-refractivity contribution is -0.128. The van der Waals surface area contributed by atoms with E-state index in [1.807, 2.05) is 6.92 Å². The Bertz CT molecular complexity index is 491. The zero-order chi connectivity index (χ0) is 15.5. The summed E-state index contributed by atoms with van der Waals surface area (Å²) in [7, 11) is 0. The van der Waals surface area contributed by atoms with Crippen LogP contribution in [-0.2, 0) is 21.4 Å². The van der Waals surface area contributed by atoms with Gasteiger partial charge in [0.25, 0.3) is 0 Å². The SMILES string of the molecule is C[C@H]1OCCN[C@@H]1C(=O)NCCc1nc(C(C)(C)C)cs1.Cl.Cl. The number of hydrogen-bond donors (Lipinski definition) is 2. The number of carbonyl (C=O) groups is 1. The summed E-state index contributed by atoms with van der Waals surface area (Å²) in [5, 5.41) is 9.33. The van der Waals surface area contributed by atoms with Crippen molar-refractivity contribution in [3.63, 3.8) is 0 Å². The highest BCUT2D eigenvalue weighted by Crippen LogP contribution is 2.23. The molecule has 2 heterocycles. The first kappa shape index (κ1) is 22.6. The molecule has 1 saturated heterocycles. The molecule has 1 fully saturated rings. The number of aromatic nitrogens is 1. The molecule has 0 spiro atoms. The number of amides is 1. The highest BCUT2D eigenvalue weighted by Gasteiger charge is 2.27. The summed E-state index contributed by atoms with van der Waals surface area (Å²) in [5.41, 5.74) is 1.20. The van der Waals surface area contributed by atoms with Crippen molar-refractivity contribution >= 4 is 42.1 Å². The summed E-state index contributed by atoms with van der Waals surface area (Å²) in [5.74, 6) is 0.00907. The zero-order valence-corrected chi connectivity index (χ0v) is 16.5. The minimum absolute atomic E-state index is 0. The van der Waals surface area contributed by atoms with E-state index in [9.17, 15) is 4.79 Å². The van der Waals surface area contributed by atoms with Gasteiger partial charge in [0.05, 0.1) is 23.4 Å². The first-order chi connectivity index (χ1) is 9.88. The standard InChI is InChI=1S/C15H25N3O2S.2ClH/c1-10-13(16-7-8-20-10)14(19)17-6-5-12-18-11(9-21-12)15(2,3)4;;/h9-10,13,16H,5-8H2,1-4H3,(H,17,19);2*1H/t10-,13+;;/m1../s1. The Morgan fingerprint density at radius 3 is 2.74 bits per heavy atom. The van der Waals surface area contributed by atoms with E-state index >= 15 is 0 Å². The van der Waals surface area contributed by atoms with Crippen LogP contribution in [-0.4, -0.2) is 42.7 Å². The molecule has 0 saturated carbocycles. The molecule has 0 bridgehead atoms. The second-order valence-corrected chi connectivity index (χ2v) is 7.37. The van der Waals surface area contributed by atoms with E-state index in [1.54, 1.807) is 11.3 Å². The number of nitrogens with zero attached hydrogens (tertiary/aromatic N) is 1. The summed E-state index contributed by atoms with van der Waals surface area (Å²) < 4.78 is 5.48. The minimum Gasteiger partial charge on any atom is -0.375 e. The Hall–Kier alpha value is -0.400. The summed E-state index contributed by atoms with van der Waals surface area (Å²) in [6.45, 7) is 10.4. The largest absolute Gasteiger partial charge is 0.375 e. The molecule has 2 N–H and O–H groups in total. The smallest absolute Gasteiger partial charge is 0.239 e.